The molecular formula is C10H12NO4+. The first-order valence-electron chi connectivity index (χ1n) is 4.23. The van der Waals surface area contributed by atoms with E-state index in [-0.39, 0.29) is 5.70 Å². The van der Waals surface area contributed by atoms with Gasteiger partial charge in [0.25, 0.3) is 0 Å². The van der Waals surface area contributed by atoms with Crippen molar-refractivity contribution in [3.8, 4) is 0 Å². The summed E-state index contributed by atoms with van der Waals surface area (Å²) in [6.07, 6.45) is 3.20. The topological polar surface area (TPSA) is 59.6 Å². The SMILES string of the molecule is COC(=O)/C(=C(/O)OC)[n+]1ccccc1. The van der Waals surface area contributed by atoms with Crippen LogP contribution in [0, 0.1) is 0 Å². The Balaban J connectivity index is 3.20. The Bertz CT molecular complexity index is 372. The van der Waals surface area contributed by atoms with E-state index in [2.05, 4.69) is 9.47 Å². The van der Waals surface area contributed by atoms with Crippen molar-refractivity contribution in [2.45, 2.75) is 0 Å². The molecule has 0 bridgehead atoms. The first-order valence-corrected chi connectivity index (χ1v) is 4.23. The zero-order valence-electron chi connectivity index (χ0n) is 8.51. The molecule has 0 unspecified atom stereocenters. The van der Waals surface area contributed by atoms with Gasteiger partial charge in [0.15, 0.2) is 12.4 Å². The standard InChI is InChI=1S/C10H11NO4/c1-14-9(12)8(10(13)15-2)11-6-4-3-5-7-11/h3-7H,1-2H3/p+1. The third-order valence-electron chi connectivity index (χ3n) is 1.75. The predicted octanol–water partition coefficient (Wildman–Crippen LogP) is 0.478. The van der Waals surface area contributed by atoms with Gasteiger partial charge in [0.2, 0.25) is 0 Å². The summed E-state index contributed by atoms with van der Waals surface area (Å²) in [7, 11) is 2.50. The van der Waals surface area contributed by atoms with Crippen LogP contribution in [0.15, 0.2) is 36.5 Å². The molecule has 15 heavy (non-hydrogen) atoms. The van der Waals surface area contributed by atoms with E-state index in [4.69, 9.17) is 0 Å². The minimum Gasteiger partial charge on any atom is -0.476 e. The molecule has 1 heterocycles. The number of esters is 1. The molecule has 0 saturated carbocycles. The summed E-state index contributed by atoms with van der Waals surface area (Å²) in [5, 5.41) is 9.41. The monoisotopic (exact) mass is 210 g/mol. The molecule has 0 amide bonds. The lowest BCUT2D eigenvalue weighted by atomic mass is 10.4. The Labute approximate surface area is 87.2 Å². The van der Waals surface area contributed by atoms with Gasteiger partial charge in [-0.3, -0.25) is 0 Å². The second-order valence-corrected chi connectivity index (χ2v) is 2.63. The van der Waals surface area contributed by atoms with E-state index in [1.165, 1.54) is 18.8 Å². The summed E-state index contributed by atoms with van der Waals surface area (Å²) < 4.78 is 10.5. The Morgan fingerprint density at radius 1 is 1.13 bits per heavy atom. The Kier molecular flexibility index (Phi) is 3.68. The van der Waals surface area contributed by atoms with Crippen LogP contribution >= 0.6 is 0 Å². The number of ether oxygens (including phenoxy) is 2. The lowest BCUT2D eigenvalue weighted by Crippen LogP contribution is -2.37. The molecule has 0 atom stereocenters. The minimum atomic E-state index is -0.675. The number of aromatic nitrogens is 1. The number of hydrogen-bond donors (Lipinski definition) is 1. The third-order valence-corrected chi connectivity index (χ3v) is 1.75. The number of pyridine rings is 1. The highest BCUT2D eigenvalue weighted by Crippen LogP contribution is 2.03. The molecule has 0 aromatic carbocycles. The maximum Gasteiger partial charge on any atom is 0.411 e. The van der Waals surface area contributed by atoms with Crippen LogP contribution in [0.3, 0.4) is 0 Å². The molecule has 1 rings (SSSR count). The molecule has 1 N–H and O–H groups in total. The molecule has 80 valence electrons. The second kappa shape index (κ2) is 4.99. The molecule has 0 fully saturated rings. The van der Waals surface area contributed by atoms with Gasteiger partial charge in [-0.05, 0) is 0 Å². The summed E-state index contributed by atoms with van der Waals surface area (Å²) in [5.41, 5.74) is -0.0689. The van der Waals surface area contributed by atoms with E-state index >= 15 is 0 Å². The van der Waals surface area contributed by atoms with E-state index in [0.717, 1.165) is 0 Å². The normalized spacial score (nSPS) is 11.6. The maximum absolute atomic E-state index is 11.4. The predicted molar refractivity (Wildman–Crippen MR) is 51.5 cm³/mol. The van der Waals surface area contributed by atoms with Crippen LogP contribution in [0.5, 0.6) is 0 Å². The zero-order valence-corrected chi connectivity index (χ0v) is 8.51. The third kappa shape index (κ3) is 2.46. The Morgan fingerprint density at radius 2 is 1.73 bits per heavy atom. The molecule has 0 saturated heterocycles. The van der Waals surface area contributed by atoms with Crippen molar-refractivity contribution in [3.63, 3.8) is 0 Å². The molecule has 0 radical (unpaired) electrons. The summed E-state index contributed by atoms with van der Waals surface area (Å²) in [6.45, 7) is 0. The van der Waals surface area contributed by atoms with Gasteiger partial charge >= 0.3 is 17.6 Å². The average molecular weight is 210 g/mol. The van der Waals surface area contributed by atoms with E-state index in [1.54, 1.807) is 30.6 Å². The van der Waals surface area contributed by atoms with Crippen LogP contribution < -0.4 is 4.57 Å². The van der Waals surface area contributed by atoms with E-state index < -0.39 is 11.9 Å². The molecule has 0 aliphatic heterocycles. The van der Waals surface area contributed by atoms with Gasteiger partial charge in [-0.25, -0.2) is 4.79 Å². The number of methoxy groups -OCH3 is 2. The van der Waals surface area contributed by atoms with Crippen molar-refractivity contribution in [2.24, 2.45) is 0 Å². The quantitative estimate of drug-likeness (QED) is 0.341. The number of aliphatic hydroxyl groups excluding tert-OH is 1. The number of hydrogen-bond acceptors (Lipinski definition) is 4. The molecule has 0 spiro atoms. The lowest BCUT2D eigenvalue weighted by Gasteiger charge is -2.01. The van der Waals surface area contributed by atoms with Gasteiger partial charge in [0.05, 0.1) is 14.2 Å². The van der Waals surface area contributed by atoms with Crippen LogP contribution in [0.1, 0.15) is 0 Å². The van der Waals surface area contributed by atoms with Crippen molar-refractivity contribution in [2.75, 3.05) is 14.2 Å². The lowest BCUT2D eigenvalue weighted by molar-refractivity contribution is -0.581. The minimum absolute atomic E-state index is 0.0689. The van der Waals surface area contributed by atoms with E-state index in [9.17, 15) is 9.90 Å². The summed E-state index contributed by atoms with van der Waals surface area (Å²) >= 11 is 0. The number of rotatable bonds is 3. The molecule has 5 heteroatoms. The Morgan fingerprint density at radius 3 is 2.20 bits per heavy atom. The van der Waals surface area contributed by atoms with Crippen LogP contribution in [-0.4, -0.2) is 25.3 Å². The maximum atomic E-state index is 11.4. The summed E-state index contributed by atoms with van der Waals surface area (Å²) in [4.78, 5) is 11.4. The van der Waals surface area contributed by atoms with Crippen molar-refractivity contribution < 1.29 is 23.9 Å². The van der Waals surface area contributed by atoms with Crippen LogP contribution in [0.2, 0.25) is 0 Å². The van der Waals surface area contributed by atoms with Crippen LogP contribution in [0.4, 0.5) is 0 Å². The number of carbonyl (C=O) groups excluding carboxylic acids is 1. The van der Waals surface area contributed by atoms with E-state index in [1.807, 2.05) is 0 Å². The van der Waals surface area contributed by atoms with E-state index in [0.29, 0.717) is 0 Å². The first kappa shape index (κ1) is 11.0. The smallest absolute Gasteiger partial charge is 0.411 e. The molecule has 1 aromatic rings. The first-order chi connectivity index (χ1) is 7.20. The average Bonchev–Trinajstić information content (AvgIpc) is 2.30. The summed E-state index contributed by atoms with van der Waals surface area (Å²) in [5.74, 6) is -1.16. The molecule has 0 aliphatic rings. The van der Waals surface area contributed by atoms with Gasteiger partial charge < -0.3 is 14.6 Å². The zero-order chi connectivity index (χ0) is 11.3. The number of aliphatic hydroxyl groups is 1. The fraction of sp³-hybridized carbons (Fsp3) is 0.200. The van der Waals surface area contributed by atoms with Crippen molar-refractivity contribution in [1.82, 2.24) is 0 Å². The fourth-order valence-corrected chi connectivity index (χ4v) is 1.04. The van der Waals surface area contributed by atoms with Crippen molar-refractivity contribution in [3.05, 3.63) is 36.5 Å². The molecule has 5 nitrogen and oxygen atoms in total. The van der Waals surface area contributed by atoms with Crippen LogP contribution in [0.25, 0.3) is 5.70 Å². The summed E-state index contributed by atoms with van der Waals surface area (Å²) in [6, 6.07) is 5.22. The molecule has 0 aliphatic carbocycles. The number of nitrogens with zero attached hydrogens (tertiary/aromatic N) is 1. The molecular weight excluding hydrogens is 198 g/mol. The highest BCUT2D eigenvalue weighted by Gasteiger charge is 2.27. The second-order valence-electron chi connectivity index (χ2n) is 2.63. The van der Waals surface area contributed by atoms with Gasteiger partial charge in [0, 0.05) is 12.1 Å². The van der Waals surface area contributed by atoms with Gasteiger partial charge in [-0.15, -0.1) is 0 Å². The van der Waals surface area contributed by atoms with Crippen LogP contribution in [-0.2, 0) is 14.3 Å². The van der Waals surface area contributed by atoms with Crippen molar-refractivity contribution in [1.29, 1.82) is 0 Å². The largest absolute Gasteiger partial charge is 0.476 e. The number of carbonyl (C=O) groups is 1. The highest BCUT2D eigenvalue weighted by molar-refractivity contribution is 6.06. The van der Waals surface area contributed by atoms with Gasteiger partial charge in [-0.1, -0.05) is 6.07 Å². The fourth-order valence-electron chi connectivity index (χ4n) is 1.04. The molecule has 1 aromatic heterocycles. The highest BCUT2D eigenvalue weighted by atomic mass is 16.6. The van der Waals surface area contributed by atoms with Gasteiger partial charge in [-0.2, -0.15) is 4.57 Å². The van der Waals surface area contributed by atoms with Crippen molar-refractivity contribution >= 4 is 11.7 Å². The van der Waals surface area contributed by atoms with Gasteiger partial charge in [0.1, 0.15) is 0 Å². The Hall–Kier alpha value is -2.04.